The van der Waals surface area contributed by atoms with E-state index in [0.717, 1.165) is 11.3 Å². The fourth-order valence-corrected chi connectivity index (χ4v) is 1.61. The van der Waals surface area contributed by atoms with Crippen molar-refractivity contribution in [1.29, 1.82) is 0 Å². The maximum atomic E-state index is 10.9. The van der Waals surface area contributed by atoms with Gasteiger partial charge in [0, 0.05) is 5.38 Å². The van der Waals surface area contributed by atoms with Crippen LogP contribution in [0.2, 0.25) is 0 Å². The van der Waals surface area contributed by atoms with Crippen molar-refractivity contribution < 1.29 is 14.3 Å². The Kier molecular flexibility index (Phi) is 2.77. The molecule has 1 aromatic rings. The number of nitrogens with two attached hydrogens (primary N) is 1. The smallest absolute Gasteiger partial charge is 0.371 e. The fraction of sp³-hybridized carbons (Fsp3) is 0. The molecule has 1 amide bonds. The molecule has 0 aliphatic heterocycles. The first-order valence-electron chi connectivity index (χ1n) is 2.72. The Morgan fingerprint density at radius 2 is 2.33 bits per heavy atom. The number of aromatic nitrogens is 1. The van der Waals surface area contributed by atoms with Crippen LogP contribution in [0.4, 0.5) is 4.79 Å². The van der Waals surface area contributed by atoms with Crippen molar-refractivity contribution in [1.82, 2.24) is 4.98 Å². The average Bonchev–Trinajstić information content (AvgIpc) is 2.34. The van der Waals surface area contributed by atoms with Gasteiger partial charge >= 0.3 is 12.1 Å². The van der Waals surface area contributed by atoms with Crippen LogP contribution < -0.4 is 5.73 Å². The molecule has 2 N–H and O–H groups in total. The summed E-state index contributed by atoms with van der Waals surface area (Å²) in [6, 6.07) is 0. The zero-order valence-electron chi connectivity index (χ0n) is 5.61. The van der Waals surface area contributed by atoms with Crippen LogP contribution in [0.25, 0.3) is 0 Å². The van der Waals surface area contributed by atoms with Crippen LogP contribution in [-0.2, 0) is 4.74 Å². The number of carbonyl (C=O) groups excluding carboxylic acids is 2. The van der Waals surface area contributed by atoms with E-state index in [9.17, 15) is 9.59 Å². The van der Waals surface area contributed by atoms with Gasteiger partial charge in [-0.25, -0.2) is 14.6 Å². The molecular formula is C5H3BrN2O3S. The van der Waals surface area contributed by atoms with Gasteiger partial charge in [-0.3, -0.25) is 0 Å². The van der Waals surface area contributed by atoms with E-state index in [-0.39, 0.29) is 5.01 Å². The van der Waals surface area contributed by atoms with Crippen LogP contribution in [0.1, 0.15) is 9.80 Å². The van der Waals surface area contributed by atoms with Crippen molar-refractivity contribution in [3.05, 3.63) is 15.0 Å². The number of halogens is 1. The lowest BCUT2D eigenvalue weighted by molar-refractivity contribution is 0.0638. The SMILES string of the molecule is NC(=O)OC(=O)c1nc(Br)cs1. The van der Waals surface area contributed by atoms with Gasteiger partial charge in [0.2, 0.25) is 5.01 Å². The molecule has 0 radical (unpaired) electrons. The van der Waals surface area contributed by atoms with Gasteiger partial charge in [0.1, 0.15) is 4.60 Å². The Hall–Kier alpha value is -0.950. The zero-order valence-corrected chi connectivity index (χ0v) is 8.02. The molecule has 0 saturated heterocycles. The molecular weight excluding hydrogens is 248 g/mol. The molecule has 0 aliphatic rings. The molecule has 1 rings (SSSR count). The van der Waals surface area contributed by atoms with Crippen molar-refractivity contribution in [2.24, 2.45) is 5.73 Å². The van der Waals surface area contributed by atoms with E-state index in [0.29, 0.717) is 4.60 Å². The van der Waals surface area contributed by atoms with Gasteiger partial charge < -0.3 is 10.5 Å². The molecule has 1 aromatic heterocycles. The average molecular weight is 251 g/mol. The number of esters is 1. The van der Waals surface area contributed by atoms with E-state index < -0.39 is 12.1 Å². The molecule has 0 unspecified atom stereocenters. The first kappa shape index (κ1) is 9.14. The maximum Gasteiger partial charge on any atom is 0.412 e. The van der Waals surface area contributed by atoms with E-state index >= 15 is 0 Å². The third kappa shape index (κ3) is 2.28. The third-order valence-corrected chi connectivity index (χ3v) is 2.38. The van der Waals surface area contributed by atoms with Crippen molar-refractivity contribution in [2.75, 3.05) is 0 Å². The lowest BCUT2D eigenvalue weighted by Gasteiger charge is -1.92. The first-order valence-corrected chi connectivity index (χ1v) is 4.39. The molecule has 0 atom stereocenters. The highest BCUT2D eigenvalue weighted by Crippen LogP contribution is 2.15. The Labute approximate surface area is 79.7 Å². The van der Waals surface area contributed by atoms with Gasteiger partial charge in [0.05, 0.1) is 0 Å². The van der Waals surface area contributed by atoms with Crippen molar-refractivity contribution in [3.8, 4) is 0 Å². The minimum Gasteiger partial charge on any atom is -0.371 e. The normalized spacial score (nSPS) is 9.42. The van der Waals surface area contributed by atoms with Crippen LogP contribution in [0, 0.1) is 0 Å². The molecule has 5 nitrogen and oxygen atoms in total. The Morgan fingerprint density at radius 1 is 1.67 bits per heavy atom. The van der Waals surface area contributed by atoms with Crippen LogP contribution in [0.5, 0.6) is 0 Å². The summed E-state index contributed by atoms with van der Waals surface area (Å²) in [5.74, 6) is -0.835. The summed E-state index contributed by atoms with van der Waals surface area (Å²) in [6.45, 7) is 0. The molecule has 0 spiro atoms. The van der Waals surface area contributed by atoms with Crippen LogP contribution in [0.3, 0.4) is 0 Å². The lowest BCUT2D eigenvalue weighted by Crippen LogP contribution is -2.18. The Morgan fingerprint density at radius 3 is 2.75 bits per heavy atom. The summed E-state index contributed by atoms with van der Waals surface area (Å²) < 4.78 is 4.59. The fourth-order valence-electron chi connectivity index (χ4n) is 0.483. The first-order chi connectivity index (χ1) is 5.59. The van der Waals surface area contributed by atoms with Crippen LogP contribution in [0.15, 0.2) is 9.98 Å². The van der Waals surface area contributed by atoms with Gasteiger partial charge in [-0.15, -0.1) is 11.3 Å². The molecule has 1 heterocycles. The monoisotopic (exact) mass is 250 g/mol. The maximum absolute atomic E-state index is 10.9. The summed E-state index contributed by atoms with van der Waals surface area (Å²) in [5.41, 5.74) is 4.62. The zero-order chi connectivity index (χ0) is 9.14. The summed E-state index contributed by atoms with van der Waals surface area (Å²) in [7, 11) is 0. The number of rotatable bonds is 1. The molecule has 64 valence electrons. The molecule has 7 heteroatoms. The number of carbonyl (C=O) groups is 2. The van der Waals surface area contributed by atoms with E-state index in [1.165, 1.54) is 0 Å². The predicted octanol–water partition coefficient (Wildman–Crippen LogP) is 1.14. The number of nitrogens with zero attached hydrogens (tertiary/aromatic N) is 1. The topological polar surface area (TPSA) is 82.3 Å². The number of thiazole rings is 1. The lowest BCUT2D eigenvalue weighted by atomic mass is 10.7. The number of ether oxygens (including phenoxy) is 1. The van der Waals surface area contributed by atoms with Crippen LogP contribution in [-0.4, -0.2) is 17.0 Å². The third-order valence-electron chi connectivity index (χ3n) is 0.844. The number of primary amides is 1. The predicted molar refractivity (Wildman–Crippen MR) is 44.8 cm³/mol. The number of hydrogen-bond donors (Lipinski definition) is 1. The van der Waals surface area contributed by atoms with Crippen molar-refractivity contribution >= 4 is 39.3 Å². The second-order valence-electron chi connectivity index (χ2n) is 1.68. The van der Waals surface area contributed by atoms with Gasteiger partial charge in [0.15, 0.2) is 0 Å². The van der Waals surface area contributed by atoms with Crippen molar-refractivity contribution in [3.63, 3.8) is 0 Å². The summed E-state index contributed by atoms with van der Waals surface area (Å²) >= 11 is 4.10. The number of amides is 1. The quantitative estimate of drug-likeness (QED) is 0.599. The summed E-state index contributed by atoms with van der Waals surface area (Å²) in [6.07, 6.45) is -1.13. The standard InChI is InChI=1S/C5H3BrN2O3S/c6-2-1-12-3(8-2)4(9)11-5(7)10/h1H,(H2,7,10). The molecule has 0 aliphatic carbocycles. The summed E-state index contributed by atoms with van der Waals surface area (Å²) in [4.78, 5) is 24.7. The van der Waals surface area contributed by atoms with E-state index in [1.54, 1.807) is 5.38 Å². The van der Waals surface area contributed by atoms with Gasteiger partial charge in [0.25, 0.3) is 0 Å². The van der Waals surface area contributed by atoms with Crippen molar-refractivity contribution in [2.45, 2.75) is 0 Å². The second kappa shape index (κ2) is 3.63. The minimum absolute atomic E-state index is 0.0840. The number of hydrogen-bond acceptors (Lipinski definition) is 5. The second-order valence-corrected chi connectivity index (χ2v) is 3.35. The Balaban J connectivity index is 2.72. The largest absolute Gasteiger partial charge is 0.412 e. The van der Waals surface area contributed by atoms with Gasteiger partial charge in [-0.2, -0.15) is 0 Å². The highest BCUT2D eigenvalue weighted by molar-refractivity contribution is 9.10. The Bertz CT molecular complexity index is 324. The van der Waals surface area contributed by atoms with Gasteiger partial charge in [-0.05, 0) is 15.9 Å². The van der Waals surface area contributed by atoms with E-state index in [2.05, 4.69) is 31.4 Å². The van der Waals surface area contributed by atoms with Crippen LogP contribution >= 0.6 is 27.3 Å². The molecule has 0 saturated carbocycles. The van der Waals surface area contributed by atoms with E-state index in [4.69, 9.17) is 0 Å². The summed E-state index contributed by atoms with van der Waals surface area (Å²) in [5, 5.41) is 1.68. The molecule has 0 bridgehead atoms. The highest BCUT2D eigenvalue weighted by atomic mass is 79.9. The molecule has 0 fully saturated rings. The highest BCUT2D eigenvalue weighted by Gasteiger charge is 2.13. The molecule has 12 heavy (non-hydrogen) atoms. The minimum atomic E-state index is -1.13. The molecule has 0 aromatic carbocycles. The van der Waals surface area contributed by atoms with Gasteiger partial charge in [-0.1, -0.05) is 0 Å². The van der Waals surface area contributed by atoms with E-state index in [1.807, 2.05) is 0 Å².